The predicted molar refractivity (Wildman–Crippen MR) is 103 cm³/mol. The third kappa shape index (κ3) is 4.68. The summed E-state index contributed by atoms with van der Waals surface area (Å²) in [5.74, 6) is -2.08. The molecule has 0 aromatic heterocycles. The highest BCUT2D eigenvalue weighted by Gasteiger charge is 2.35. The maximum Gasteiger partial charge on any atom is 0.344 e. The molecule has 0 aliphatic carbocycles. The Kier molecular flexibility index (Phi) is 5.50. The van der Waals surface area contributed by atoms with Crippen LogP contribution in [0.4, 0.5) is 0 Å². The van der Waals surface area contributed by atoms with E-state index in [0.717, 1.165) is 4.90 Å². The summed E-state index contributed by atoms with van der Waals surface area (Å²) in [6.07, 6.45) is 0. The van der Waals surface area contributed by atoms with Gasteiger partial charge < -0.3 is 9.47 Å². The minimum Gasteiger partial charge on any atom is -0.457 e. The van der Waals surface area contributed by atoms with Crippen molar-refractivity contribution in [1.29, 1.82) is 0 Å². The normalized spacial score (nSPS) is 13.3. The Labute approximate surface area is 168 Å². The van der Waals surface area contributed by atoms with Crippen LogP contribution in [0.25, 0.3) is 0 Å². The molecule has 7 heteroatoms. The molecule has 2 aromatic rings. The van der Waals surface area contributed by atoms with Gasteiger partial charge in [0.2, 0.25) is 0 Å². The lowest BCUT2D eigenvalue weighted by Gasteiger charge is -2.19. The van der Waals surface area contributed by atoms with E-state index in [1.807, 2.05) is 0 Å². The fourth-order valence-corrected chi connectivity index (χ4v) is 2.94. The number of hydrogen-bond acceptors (Lipinski definition) is 6. The molecule has 0 radical (unpaired) electrons. The van der Waals surface area contributed by atoms with Crippen LogP contribution < -0.4 is 0 Å². The van der Waals surface area contributed by atoms with Crippen molar-refractivity contribution in [2.45, 2.75) is 32.9 Å². The fourth-order valence-electron chi connectivity index (χ4n) is 2.94. The second kappa shape index (κ2) is 7.87. The van der Waals surface area contributed by atoms with Gasteiger partial charge >= 0.3 is 11.9 Å². The van der Waals surface area contributed by atoms with E-state index >= 15 is 0 Å². The summed E-state index contributed by atoms with van der Waals surface area (Å²) in [7, 11) is 0. The van der Waals surface area contributed by atoms with Gasteiger partial charge in [-0.2, -0.15) is 0 Å². The number of hydrogen-bond donors (Lipinski definition) is 0. The van der Waals surface area contributed by atoms with E-state index in [9.17, 15) is 19.2 Å². The fraction of sp³-hybridized carbons (Fsp3) is 0.273. The molecule has 2 aromatic carbocycles. The van der Waals surface area contributed by atoms with Gasteiger partial charge in [0.15, 0.2) is 6.61 Å². The zero-order chi connectivity index (χ0) is 21.2. The zero-order valence-electron chi connectivity index (χ0n) is 16.4. The van der Waals surface area contributed by atoms with E-state index in [1.165, 1.54) is 12.1 Å². The lowest BCUT2D eigenvalue weighted by Crippen LogP contribution is -2.29. The number of fused-ring (bicyclic) bond motifs is 1. The van der Waals surface area contributed by atoms with Gasteiger partial charge in [-0.3, -0.25) is 14.5 Å². The molecule has 3 rings (SSSR count). The Morgan fingerprint density at radius 2 is 1.55 bits per heavy atom. The summed E-state index contributed by atoms with van der Waals surface area (Å²) in [6.45, 7) is 4.68. The molecule has 0 N–H and O–H groups in total. The highest BCUT2D eigenvalue weighted by molar-refractivity contribution is 6.21. The van der Waals surface area contributed by atoms with E-state index < -0.39 is 24.1 Å². The highest BCUT2D eigenvalue weighted by atomic mass is 16.6. The molecule has 0 bridgehead atoms. The van der Waals surface area contributed by atoms with Crippen molar-refractivity contribution in [3.63, 3.8) is 0 Å². The summed E-state index contributed by atoms with van der Waals surface area (Å²) < 4.78 is 10.1. The molecule has 1 aliphatic heterocycles. The summed E-state index contributed by atoms with van der Waals surface area (Å²) >= 11 is 0. The Morgan fingerprint density at radius 3 is 2.14 bits per heavy atom. The van der Waals surface area contributed by atoms with Crippen molar-refractivity contribution in [3.8, 4) is 0 Å². The number of nitrogens with zero attached hydrogens (tertiary/aromatic N) is 1. The number of rotatable bonds is 5. The zero-order valence-corrected chi connectivity index (χ0v) is 16.4. The van der Waals surface area contributed by atoms with Crippen LogP contribution in [0.15, 0.2) is 48.5 Å². The minimum absolute atomic E-state index is 0.0273. The van der Waals surface area contributed by atoms with Crippen molar-refractivity contribution >= 4 is 23.8 Å². The lowest BCUT2D eigenvalue weighted by atomic mass is 10.1. The first-order chi connectivity index (χ1) is 13.7. The van der Waals surface area contributed by atoms with E-state index in [4.69, 9.17) is 9.47 Å². The Balaban J connectivity index is 1.66. The molecule has 7 nitrogen and oxygen atoms in total. The molecule has 2 amide bonds. The molecule has 29 heavy (non-hydrogen) atoms. The van der Waals surface area contributed by atoms with E-state index in [1.54, 1.807) is 57.2 Å². The number of esters is 2. The van der Waals surface area contributed by atoms with Gasteiger partial charge in [0, 0.05) is 0 Å². The van der Waals surface area contributed by atoms with Crippen LogP contribution in [-0.2, 0) is 20.8 Å². The molecule has 0 saturated heterocycles. The van der Waals surface area contributed by atoms with Crippen molar-refractivity contribution < 1.29 is 28.7 Å². The van der Waals surface area contributed by atoms with Crippen molar-refractivity contribution in [3.05, 3.63) is 70.8 Å². The maximum atomic E-state index is 12.5. The van der Waals surface area contributed by atoms with Gasteiger partial charge in [0.05, 0.1) is 23.2 Å². The van der Waals surface area contributed by atoms with Gasteiger partial charge in [-0.15, -0.1) is 0 Å². The number of carbonyl (C=O) groups is 4. The smallest absolute Gasteiger partial charge is 0.344 e. The van der Waals surface area contributed by atoms with Crippen molar-refractivity contribution in [1.82, 2.24) is 4.90 Å². The molecule has 0 saturated carbocycles. The molecule has 0 atom stereocenters. The van der Waals surface area contributed by atoms with Gasteiger partial charge in [0.1, 0.15) is 5.60 Å². The molecule has 1 aliphatic rings. The van der Waals surface area contributed by atoms with Crippen LogP contribution in [-0.4, -0.2) is 40.9 Å². The maximum absolute atomic E-state index is 12.5. The number of amides is 2. The van der Waals surface area contributed by atoms with Gasteiger partial charge in [-0.25, -0.2) is 9.59 Å². The standard InChI is InChI=1S/C22H21NO6/c1-22(2,3)29-18(24)13-28-21(27)15-8-6-7-14(11-15)12-23-19(25)16-9-4-5-10-17(16)20(23)26/h4-11H,12-13H2,1-3H3. The monoisotopic (exact) mass is 395 g/mol. The largest absolute Gasteiger partial charge is 0.457 e. The third-order valence-corrected chi connectivity index (χ3v) is 4.12. The lowest BCUT2D eigenvalue weighted by molar-refractivity contribution is -0.158. The predicted octanol–water partition coefficient (Wildman–Crippen LogP) is 2.98. The van der Waals surface area contributed by atoms with Crippen molar-refractivity contribution in [2.24, 2.45) is 0 Å². The van der Waals surface area contributed by atoms with E-state index in [-0.39, 0.29) is 23.9 Å². The molecule has 0 fully saturated rings. The number of imide groups is 1. The first-order valence-corrected chi connectivity index (χ1v) is 9.09. The van der Waals surface area contributed by atoms with Crippen molar-refractivity contribution in [2.75, 3.05) is 6.61 Å². The third-order valence-electron chi connectivity index (χ3n) is 4.12. The SMILES string of the molecule is CC(C)(C)OC(=O)COC(=O)c1cccc(CN2C(=O)c3ccccc3C2=O)c1. The second-order valence-corrected chi connectivity index (χ2v) is 7.60. The molecule has 0 unspecified atom stereocenters. The summed E-state index contributed by atoms with van der Waals surface area (Å²) in [6, 6.07) is 13.0. The van der Waals surface area contributed by atoms with Crippen LogP contribution in [0.2, 0.25) is 0 Å². The molecular weight excluding hydrogens is 374 g/mol. The van der Waals surface area contributed by atoms with E-state index in [0.29, 0.717) is 16.7 Å². The molecule has 1 heterocycles. The van der Waals surface area contributed by atoms with Crippen LogP contribution in [0.3, 0.4) is 0 Å². The average molecular weight is 395 g/mol. The van der Waals surface area contributed by atoms with Crippen LogP contribution in [0.5, 0.6) is 0 Å². The number of benzene rings is 2. The Morgan fingerprint density at radius 1 is 0.931 bits per heavy atom. The van der Waals surface area contributed by atoms with Crippen LogP contribution >= 0.6 is 0 Å². The first-order valence-electron chi connectivity index (χ1n) is 9.09. The summed E-state index contributed by atoms with van der Waals surface area (Å²) in [4.78, 5) is 50.0. The van der Waals surface area contributed by atoms with Crippen LogP contribution in [0.1, 0.15) is 57.4 Å². The van der Waals surface area contributed by atoms with Gasteiger partial charge in [-0.05, 0) is 50.6 Å². The molecular formula is C22H21NO6. The molecule has 0 spiro atoms. The number of ether oxygens (including phenoxy) is 2. The van der Waals surface area contributed by atoms with E-state index in [2.05, 4.69) is 0 Å². The topological polar surface area (TPSA) is 90.0 Å². The summed E-state index contributed by atoms with van der Waals surface area (Å²) in [5, 5.41) is 0. The highest BCUT2D eigenvalue weighted by Crippen LogP contribution is 2.24. The quantitative estimate of drug-likeness (QED) is 0.571. The summed E-state index contributed by atoms with van der Waals surface area (Å²) in [5.41, 5.74) is 0.861. The Hall–Kier alpha value is -3.48. The van der Waals surface area contributed by atoms with Crippen LogP contribution in [0, 0.1) is 0 Å². The Bertz CT molecular complexity index is 954. The molecule has 150 valence electrons. The minimum atomic E-state index is -0.694. The average Bonchev–Trinajstić information content (AvgIpc) is 2.90. The first kappa shape index (κ1) is 20.3. The second-order valence-electron chi connectivity index (χ2n) is 7.60. The van der Waals surface area contributed by atoms with Gasteiger partial charge in [0.25, 0.3) is 11.8 Å². The number of carbonyl (C=O) groups excluding carboxylic acids is 4. The van der Waals surface area contributed by atoms with Gasteiger partial charge in [-0.1, -0.05) is 24.3 Å².